The average molecular weight is 207 g/mol. The molecule has 0 amide bonds. The Bertz CT molecular complexity index is 402. The van der Waals surface area contributed by atoms with E-state index in [1.165, 1.54) is 12.3 Å². The molecule has 0 spiro atoms. The maximum absolute atomic E-state index is 10.8. The van der Waals surface area contributed by atoms with Gasteiger partial charge >= 0.3 is 0 Å². The van der Waals surface area contributed by atoms with Crippen molar-refractivity contribution in [3.8, 4) is 0 Å². The van der Waals surface area contributed by atoms with Crippen LogP contribution in [0.15, 0.2) is 17.2 Å². The van der Waals surface area contributed by atoms with Crippen molar-refractivity contribution in [3.05, 3.63) is 23.0 Å². The molecule has 0 aliphatic rings. The summed E-state index contributed by atoms with van der Waals surface area (Å²) in [4.78, 5) is 3.68. The molecule has 1 aromatic rings. The molecule has 0 unspecified atom stereocenters. The molecule has 2 N–H and O–H groups in total. The zero-order chi connectivity index (χ0) is 9.35. The van der Waals surface area contributed by atoms with Crippen molar-refractivity contribution in [2.45, 2.75) is 11.8 Å². The summed E-state index contributed by atoms with van der Waals surface area (Å²) < 4.78 is 21.6. The lowest BCUT2D eigenvalue weighted by atomic mass is 10.4. The predicted molar refractivity (Wildman–Crippen MR) is 45.4 cm³/mol. The fraction of sp³-hybridized carbons (Fsp3) is 0.167. The smallest absolute Gasteiger partial charge is 0.239 e. The Morgan fingerprint density at radius 1 is 1.58 bits per heavy atom. The van der Waals surface area contributed by atoms with Crippen LogP contribution in [0.2, 0.25) is 5.02 Å². The van der Waals surface area contributed by atoms with Gasteiger partial charge in [-0.05, 0) is 13.0 Å². The quantitative estimate of drug-likeness (QED) is 0.735. The lowest BCUT2D eigenvalue weighted by Crippen LogP contribution is -2.12. The van der Waals surface area contributed by atoms with Crippen LogP contribution in [0.5, 0.6) is 0 Å². The number of nitrogens with zero attached hydrogens (tertiary/aromatic N) is 1. The van der Waals surface area contributed by atoms with Crippen molar-refractivity contribution in [1.82, 2.24) is 4.98 Å². The van der Waals surface area contributed by atoms with Gasteiger partial charge in [-0.1, -0.05) is 11.6 Å². The molecule has 0 saturated heterocycles. The van der Waals surface area contributed by atoms with Gasteiger partial charge in [0.2, 0.25) is 10.0 Å². The third-order valence-corrected chi connectivity index (χ3v) is 2.59. The highest BCUT2D eigenvalue weighted by Crippen LogP contribution is 2.16. The highest BCUT2D eigenvalue weighted by molar-refractivity contribution is 7.89. The monoisotopic (exact) mass is 206 g/mol. The van der Waals surface area contributed by atoms with Crippen molar-refractivity contribution in [2.75, 3.05) is 0 Å². The second kappa shape index (κ2) is 3.01. The van der Waals surface area contributed by atoms with Gasteiger partial charge in [0.1, 0.15) is 4.90 Å². The van der Waals surface area contributed by atoms with Crippen LogP contribution in [0.25, 0.3) is 0 Å². The van der Waals surface area contributed by atoms with Crippen molar-refractivity contribution >= 4 is 21.6 Å². The van der Waals surface area contributed by atoms with Gasteiger partial charge in [0.15, 0.2) is 0 Å². The molecule has 0 saturated carbocycles. The number of nitrogens with two attached hydrogens (primary N) is 1. The number of sulfonamides is 1. The van der Waals surface area contributed by atoms with E-state index in [1.807, 2.05) is 0 Å². The summed E-state index contributed by atoms with van der Waals surface area (Å²) in [6, 6.07) is 1.28. The van der Waals surface area contributed by atoms with Gasteiger partial charge in [-0.15, -0.1) is 0 Å². The molecule has 1 rings (SSSR count). The molecule has 0 bridgehead atoms. The second-order valence-electron chi connectivity index (χ2n) is 2.28. The van der Waals surface area contributed by atoms with E-state index in [9.17, 15) is 8.42 Å². The molecule has 6 heteroatoms. The van der Waals surface area contributed by atoms with Crippen LogP contribution in [0, 0.1) is 6.92 Å². The SMILES string of the molecule is Cc1ncc(S(N)(=O)=O)cc1Cl. The Morgan fingerprint density at radius 2 is 2.17 bits per heavy atom. The number of pyridine rings is 1. The molecule has 0 aliphatic carbocycles. The molecule has 0 fully saturated rings. The fourth-order valence-electron chi connectivity index (χ4n) is 0.644. The molecule has 4 nitrogen and oxygen atoms in total. The van der Waals surface area contributed by atoms with Crippen molar-refractivity contribution in [1.29, 1.82) is 0 Å². The van der Waals surface area contributed by atoms with Crippen LogP contribution < -0.4 is 5.14 Å². The van der Waals surface area contributed by atoms with Crippen LogP contribution >= 0.6 is 11.6 Å². The molecular formula is C6H7ClN2O2S. The van der Waals surface area contributed by atoms with Crippen LogP contribution in [-0.4, -0.2) is 13.4 Å². The number of aryl methyl sites for hydroxylation is 1. The summed E-state index contributed by atoms with van der Waals surface area (Å²) in [6.45, 7) is 1.68. The number of hydrogen-bond acceptors (Lipinski definition) is 3. The predicted octanol–water partition coefficient (Wildman–Crippen LogP) is 0.691. The van der Waals surface area contributed by atoms with Gasteiger partial charge < -0.3 is 0 Å². The zero-order valence-corrected chi connectivity index (χ0v) is 7.85. The standard InChI is InChI=1S/C6H7ClN2O2S/c1-4-6(7)2-5(3-9-4)12(8,10)11/h2-3H,1H3,(H2,8,10,11). The van der Waals surface area contributed by atoms with E-state index in [-0.39, 0.29) is 4.90 Å². The highest BCUT2D eigenvalue weighted by atomic mass is 35.5. The molecular weight excluding hydrogens is 200 g/mol. The Balaban J connectivity index is 3.33. The Morgan fingerprint density at radius 3 is 2.58 bits per heavy atom. The van der Waals surface area contributed by atoms with Crippen molar-refractivity contribution in [3.63, 3.8) is 0 Å². The van der Waals surface area contributed by atoms with Crippen molar-refractivity contribution < 1.29 is 8.42 Å². The topological polar surface area (TPSA) is 73.0 Å². The molecule has 1 aromatic heterocycles. The van der Waals surface area contributed by atoms with E-state index >= 15 is 0 Å². The first-order valence-electron chi connectivity index (χ1n) is 3.06. The van der Waals surface area contributed by atoms with Gasteiger partial charge in [-0.25, -0.2) is 13.6 Å². The molecule has 0 atom stereocenters. The lowest BCUT2D eigenvalue weighted by Gasteiger charge is -1.99. The number of primary sulfonamides is 1. The van der Waals surface area contributed by atoms with Crippen LogP contribution in [0.4, 0.5) is 0 Å². The molecule has 66 valence electrons. The highest BCUT2D eigenvalue weighted by Gasteiger charge is 2.09. The minimum absolute atomic E-state index is 0.0712. The average Bonchev–Trinajstić information content (AvgIpc) is 1.92. The fourth-order valence-corrected chi connectivity index (χ4v) is 1.36. The van der Waals surface area contributed by atoms with Crippen LogP contribution in [0.1, 0.15) is 5.69 Å². The first kappa shape index (κ1) is 9.44. The summed E-state index contributed by atoms with van der Waals surface area (Å²) >= 11 is 5.64. The maximum Gasteiger partial charge on any atom is 0.239 e. The van der Waals surface area contributed by atoms with Crippen molar-refractivity contribution in [2.24, 2.45) is 5.14 Å². The Hall–Kier alpha value is -0.650. The summed E-state index contributed by atoms with van der Waals surface area (Å²) in [7, 11) is -3.69. The summed E-state index contributed by atoms with van der Waals surface area (Å²) in [5, 5.41) is 5.14. The summed E-state index contributed by atoms with van der Waals surface area (Å²) in [6.07, 6.45) is 1.18. The van der Waals surface area contributed by atoms with Crippen LogP contribution in [0.3, 0.4) is 0 Å². The minimum atomic E-state index is -3.69. The van der Waals surface area contributed by atoms with E-state index in [0.29, 0.717) is 10.7 Å². The number of aromatic nitrogens is 1. The van der Waals surface area contributed by atoms with E-state index in [2.05, 4.69) is 4.98 Å². The van der Waals surface area contributed by atoms with E-state index in [0.717, 1.165) is 0 Å². The number of hydrogen-bond donors (Lipinski definition) is 1. The summed E-state index contributed by atoms with van der Waals surface area (Å²) in [5.74, 6) is 0. The lowest BCUT2D eigenvalue weighted by molar-refractivity contribution is 0.597. The Kier molecular flexibility index (Phi) is 2.36. The van der Waals surface area contributed by atoms with Gasteiger partial charge in [0.25, 0.3) is 0 Å². The second-order valence-corrected chi connectivity index (χ2v) is 4.25. The molecule has 0 aromatic carbocycles. The number of rotatable bonds is 1. The first-order valence-corrected chi connectivity index (χ1v) is 4.98. The Labute approximate surface area is 75.4 Å². The third kappa shape index (κ3) is 1.94. The number of halogens is 1. The van der Waals surface area contributed by atoms with Gasteiger partial charge in [0.05, 0.1) is 10.7 Å². The maximum atomic E-state index is 10.8. The molecule has 0 radical (unpaired) electrons. The van der Waals surface area contributed by atoms with E-state index in [4.69, 9.17) is 16.7 Å². The minimum Gasteiger partial charge on any atom is -0.259 e. The van der Waals surface area contributed by atoms with E-state index in [1.54, 1.807) is 6.92 Å². The normalized spacial score (nSPS) is 11.6. The van der Waals surface area contributed by atoms with Gasteiger partial charge in [0, 0.05) is 6.20 Å². The summed E-state index contributed by atoms with van der Waals surface area (Å²) in [5.41, 5.74) is 0.573. The third-order valence-electron chi connectivity index (χ3n) is 1.33. The molecule has 0 aliphatic heterocycles. The first-order chi connectivity index (χ1) is 5.41. The zero-order valence-electron chi connectivity index (χ0n) is 6.28. The van der Waals surface area contributed by atoms with E-state index < -0.39 is 10.0 Å². The van der Waals surface area contributed by atoms with Gasteiger partial charge in [-0.3, -0.25) is 4.98 Å². The molecule has 12 heavy (non-hydrogen) atoms. The largest absolute Gasteiger partial charge is 0.259 e. The molecule has 1 heterocycles. The van der Waals surface area contributed by atoms with Crippen LogP contribution in [-0.2, 0) is 10.0 Å². The van der Waals surface area contributed by atoms with Gasteiger partial charge in [-0.2, -0.15) is 0 Å².